The second-order valence-corrected chi connectivity index (χ2v) is 3.62. The average molecular weight is 232 g/mol. The molecule has 0 bridgehead atoms. The van der Waals surface area contributed by atoms with Crippen molar-refractivity contribution in [1.82, 2.24) is 4.98 Å². The van der Waals surface area contributed by atoms with E-state index in [1.165, 1.54) is 12.1 Å². The third-order valence-corrected chi connectivity index (χ3v) is 2.52. The Labute approximate surface area is 99.1 Å². The fourth-order valence-electron chi connectivity index (χ4n) is 1.67. The van der Waals surface area contributed by atoms with Crippen LogP contribution in [-0.2, 0) is 0 Å². The van der Waals surface area contributed by atoms with E-state index in [-0.39, 0.29) is 5.82 Å². The van der Waals surface area contributed by atoms with Gasteiger partial charge >= 0.3 is 0 Å². The van der Waals surface area contributed by atoms with E-state index < -0.39 is 6.04 Å². The molecule has 2 N–H and O–H groups in total. The molecule has 3 nitrogen and oxygen atoms in total. The van der Waals surface area contributed by atoms with Crippen molar-refractivity contribution < 1.29 is 9.13 Å². The molecule has 0 saturated carbocycles. The minimum atomic E-state index is -0.498. The largest absolute Gasteiger partial charge is 0.495 e. The number of halogens is 1. The zero-order valence-corrected chi connectivity index (χ0v) is 9.43. The zero-order chi connectivity index (χ0) is 12.3. The van der Waals surface area contributed by atoms with E-state index in [0.717, 1.165) is 0 Å². The first-order valence-electron chi connectivity index (χ1n) is 5.22. The Morgan fingerprint density at radius 1 is 1.29 bits per heavy atom. The first-order valence-corrected chi connectivity index (χ1v) is 5.22. The van der Waals surface area contributed by atoms with Crippen molar-refractivity contribution in [3.8, 4) is 5.75 Å². The molecule has 88 valence electrons. The molecule has 2 rings (SSSR count). The topological polar surface area (TPSA) is 48.1 Å². The summed E-state index contributed by atoms with van der Waals surface area (Å²) in [4.78, 5) is 4.18. The summed E-state index contributed by atoms with van der Waals surface area (Å²) in [6, 6.07) is 9.22. The molecule has 0 saturated heterocycles. The van der Waals surface area contributed by atoms with Gasteiger partial charge < -0.3 is 10.5 Å². The maximum Gasteiger partial charge on any atom is 0.142 e. The molecule has 0 fully saturated rings. The van der Waals surface area contributed by atoms with E-state index in [1.807, 2.05) is 0 Å². The van der Waals surface area contributed by atoms with Crippen LogP contribution < -0.4 is 10.5 Å². The summed E-state index contributed by atoms with van der Waals surface area (Å²) >= 11 is 0. The van der Waals surface area contributed by atoms with E-state index in [0.29, 0.717) is 17.0 Å². The molecule has 4 heteroatoms. The van der Waals surface area contributed by atoms with E-state index in [2.05, 4.69) is 4.98 Å². The lowest BCUT2D eigenvalue weighted by molar-refractivity contribution is 0.404. The number of aromatic nitrogens is 1. The summed E-state index contributed by atoms with van der Waals surface area (Å²) in [5.74, 6) is 0.289. The van der Waals surface area contributed by atoms with Crippen LogP contribution in [0.2, 0.25) is 0 Å². The molecule has 1 aromatic heterocycles. The molecule has 0 spiro atoms. The lowest BCUT2D eigenvalue weighted by Crippen LogP contribution is -2.14. The molecule has 17 heavy (non-hydrogen) atoms. The summed E-state index contributed by atoms with van der Waals surface area (Å²) in [6.45, 7) is 0. The molecule has 0 aliphatic carbocycles. The lowest BCUT2D eigenvalue weighted by Gasteiger charge is -2.14. The van der Waals surface area contributed by atoms with Gasteiger partial charge in [0.2, 0.25) is 0 Å². The van der Waals surface area contributed by atoms with Gasteiger partial charge in [-0.2, -0.15) is 0 Å². The third kappa shape index (κ3) is 2.42. The fourth-order valence-corrected chi connectivity index (χ4v) is 1.67. The number of nitrogens with zero attached hydrogens (tertiary/aromatic N) is 1. The summed E-state index contributed by atoms with van der Waals surface area (Å²) in [5, 5.41) is 0. The maximum atomic E-state index is 13.1. The van der Waals surface area contributed by atoms with Crippen LogP contribution in [-0.4, -0.2) is 12.1 Å². The van der Waals surface area contributed by atoms with Gasteiger partial charge in [0, 0.05) is 6.20 Å². The molecular formula is C13H13FN2O. The SMILES string of the molecule is COc1cccnc1C(N)c1cccc(F)c1. The van der Waals surface area contributed by atoms with Crippen molar-refractivity contribution >= 4 is 0 Å². The molecule has 0 radical (unpaired) electrons. The van der Waals surface area contributed by atoms with Crippen LogP contribution in [0.1, 0.15) is 17.3 Å². The van der Waals surface area contributed by atoms with Gasteiger partial charge in [0.1, 0.15) is 17.3 Å². The molecule has 1 heterocycles. The van der Waals surface area contributed by atoms with Crippen LogP contribution in [0.3, 0.4) is 0 Å². The van der Waals surface area contributed by atoms with Gasteiger partial charge in [-0.05, 0) is 29.8 Å². The Balaban J connectivity index is 2.40. The van der Waals surface area contributed by atoms with Crippen molar-refractivity contribution in [2.45, 2.75) is 6.04 Å². The minimum Gasteiger partial charge on any atom is -0.495 e. The van der Waals surface area contributed by atoms with Gasteiger partial charge in [-0.1, -0.05) is 12.1 Å². The summed E-state index contributed by atoms with van der Waals surface area (Å²) in [6.07, 6.45) is 1.64. The van der Waals surface area contributed by atoms with E-state index >= 15 is 0 Å². The summed E-state index contributed by atoms with van der Waals surface area (Å²) < 4.78 is 18.3. The summed E-state index contributed by atoms with van der Waals surface area (Å²) in [7, 11) is 1.55. The number of hydrogen-bond acceptors (Lipinski definition) is 3. The van der Waals surface area contributed by atoms with E-state index in [1.54, 1.807) is 37.6 Å². The molecule has 2 aromatic rings. The Bertz CT molecular complexity index is 516. The van der Waals surface area contributed by atoms with Crippen molar-refractivity contribution in [1.29, 1.82) is 0 Å². The average Bonchev–Trinajstić information content (AvgIpc) is 2.38. The molecule has 0 amide bonds. The van der Waals surface area contributed by atoms with Gasteiger partial charge in [-0.25, -0.2) is 4.39 Å². The number of ether oxygens (including phenoxy) is 1. The molecule has 0 aliphatic rings. The number of hydrogen-bond donors (Lipinski definition) is 1. The number of pyridine rings is 1. The van der Waals surface area contributed by atoms with Crippen molar-refractivity contribution in [2.24, 2.45) is 5.73 Å². The molecule has 1 unspecified atom stereocenters. The molecule has 0 aliphatic heterocycles. The van der Waals surface area contributed by atoms with Gasteiger partial charge in [0.05, 0.1) is 13.2 Å². The Morgan fingerprint density at radius 3 is 2.82 bits per heavy atom. The minimum absolute atomic E-state index is 0.312. The molecular weight excluding hydrogens is 219 g/mol. The third-order valence-electron chi connectivity index (χ3n) is 2.52. The Morgan fingerprint density at radius 2 is 2.12 bits per heavy atom. The highest BCUT2D eigenvalue weighted by Gasteiger charge is 2.15. The quantitative estimate of drug-likeness (QED) is 0.883. The smallest absolute Gasteiger partial charge is 0.142 e. The van der Waals surface area contributed by atoms with Crippen molar-refractivity contribution in [3.63, 3.8) is 0 Å². The molecule has 1 atom stereocenters. The summed E-state index contributed by atoms with van der Waals surface area (Å²) in [5.41, 5.74) is 7.32. The highest BCUT2D eigenvalue weighted by molar-refractivity contribution is 5.36. The van der Waals surface area contributed by atoms with Crippen LogP contribution in [0.4, 0.5) is 4.39 Å². The number of rotatable bonds is 3. The van der Waals surface area contributed by atoms with E-state index in [9.17, 15) is 4.39 Å². The lowest BCUT2D eigenvalue weighted by atomic mass is 10.0. The number of nitrogens with two attached hydrogens (primary N) is 1. The normalized spacial score (nSPS) is 12.2. The van der Waals surface area contributed by atoms with Crippen molar-refractivity contribution in [3.05, 3.63) is 59.7 Å². The van der Waals surface area contributed by atoms with Crippen molar-refractivity contribution in [2.75, 3.05) is 7.11 Å². The monoisotopic (exact) mass is 232 g/mol. The van der Waals surface area contributed by atoms with E-state index in [4.69, 9.17) is 10.5 Å². The predicted octanol–water partition coefficient (Wildman–Crippen LogP) is 2.28. The first-order chi connectivity index (χ1) is 8.22. The second-order valence-electron chi connectivity index (χ2n) is 3.62. The highest BCUT2D eigenvalue weighted by atomic mass is 19.1. The van der Waals surface area contributed by atoms with Gasteiger partial charge in [-0.15, -0.1) is 0 Å². The Kier molecular flexibility index (Phi) is 3.35. The standard InChI is InChI=1S/C13H13FN2O/c1-17-11-6-3-7-16-13(11)12(15)9-4-2-5-10(14)8-9/h2-8,12H,15H2,1H3. The molecule has 1 aromatic carbocycles. The van der Waals surface area contributed by atoms with Crippen LogP contribution in [0, 0.1) is 5.82 Å². The van der Waals surface area contributed by atoms with Crippen LogP contribution in [0.5, 0.6) is 5.75 Å². The highest BCUT2D eigenvalue weighted by Crippen LogP contribution is 2.25. The van der Waals surface area contributed by atoms with Gasteiger partial charge in [0.15, 0.2) is 0 Å². The number of benzene rings is 1. The Hall–Kier alpha value is -1.94. The first kappa shape index (κ1) is 11.5. The van der Waals surface area contributed by atoms with Gasteiger partial charge in [0.25, 0.3) is 0 Å². The van der Waals surface area contributed by atoms with Gasteiger partial charge in [-0.3, -0.25) is 4.98 Å². The van der Waals surface area contributed by atoms with Crippen LogP contribution >= 0.6 is 0 Å². The maximum absolute atomic E-state index is 13.1. The number of methoxy groups -OCH3 is 1. The predicted molar refractivity (Wildman–Crippen MR) is 63.2 cm³/mol. The zero-order valence-electron chi connectivity index (χ0n) is 9.43. The fraction of sp³-hybridized carbons (Fsp3) is 0.154. The second kappa shape index (κ2) is 4.93. The van der Waals surface area contributed by atoms with Crippen LogP contribution in [0.15, 0.2) is 42.6 Å². The van der Waals surface area contributed by atoms with Crippen LogP contribution in [0.25, 0.3) is 0 Å².